The number of carboxylic acid groups (broad SMARTS) is 1. The summed E-state index contributed by atoms with van der Waals surface area (Å²) in [4.78, 5) is 34.7. The molecule has 0 radical (unpaired) electrons. The highest BCUT2D eigenvalue weighted by atomic mass is 32.1. The van der Waals surface area contributed by atoms with Gasteiger partial charge in [0, 0.05) is 0 Å². The van der Waals surface area contributed by atoms with Crippen LogP contribution in [-0.2, 0) is 9.59 Å². The molecule has 1 heterocycles. The zero-order chi connectivity index (χ0) is 14.5. The molecule has 0 spiro atoms. The van der Waals surface area contributed by atoms with E-state index in [1.165, 1.54) is 18.3 Å². The molecule has 2 amide bonds. The lowest BCUT2D eigenvalue weighted by atomic mass is 9.99. The van der Waals surface area contributed by atoms with Crippen LogP contribution in [0.25, 0.3) is 0 Å². The van der Waals surface area contributed by atoms with Gasteiger partial charge in [0.05, 0.1) is 11.4 Å². The number of thiophene rings is 1. The van der Waals surface area contributed by atoms with E-state index in [4.69, 9.17) is 5.11 Å². The maximum atomic E-state index is 11.6. The molecule has 0 bridgehead atoms. The van der Waals surface area contributed by atoms with Crippen LogP contribution in [-0.4, -0.2) is 35.0 Å². The van der Waals surface area contributed by atoms with E-state index in [2.05, 4.69) is 10.6 Å². The van der Waals surface area contributed by atoms with Gasteiger partial charge in [0.2, 0.25) is 5.91 Å². The van der Waals surface area contributed by atoms with Crippen LogP contribution in [0.3, 0.4) is 0 Å². The molecule has 6 nitrogen and oxygen atoms in total. The molecular weight excluding hydrogens is 268 g/mol. The number of hydrogen-bond donors (Lipinski definition) is 3. The standard InChI is InChI=1S/C12H16N2O4S/c1-3-12(2,11(17)18)14-9(15)7-13-10(16)8-5-4-6-19-8/h4-6H,3,7H2,1-2H3,(H,13,16)(H,14,15)(H,17,18). The Morgan fingerprint density at radius 1 is 1.42 bits per heavy atom. The number of amides is 2. The third kappa shape index (κ3) is 4.06. The SMILES string of the molecule is CCC(C)(NC(=O)CNC(=O)c1cccs1)C(=O)O. The van der Waals surface area contributed by atoms with Crippen molar-refractivity contribution in [3.05, 3.63) is 22.4 Å². The zero-order valence-corrected chi connectivity index (χ0v) is 11.5. The molecule has 3 N–H and O–H groups in total. The summed E-state index contributed by atoms with van der Waals surface area (Å²) in [5, 5.41) is 15.6. The van der Waals surface area contributed by atoms with Gasteiger partial charge in [0.25, 0.3) is 5.91 Å². The predicted molar refractivity (Wildman–Crippen MR) is 71.1 cm³/mol. The van der Waals surface area contributed by atoms with E-state index in [0.717, 1.165) is 0 Å². The van der Waals surface area contributed by atoms with Crippen molar-refractivity contribution in [1.82, 2.24) is 10.6 Å². The maximum absolute atomic E-state index is 11.6. The Morgan fingerprint density at radius 2 is 2.11 bits per heavy atom. The fourth-order valence-corrected chi connectivity index (χ4v) is 1.94. The lowest BCUT2D eigenvalue weighted by Crippen LogP contribution is -2.54. The highest BCUT2D eigenvalue weighted by molar-refractivity contribution is 7.12. The highest BCUT2D eigenvalue weighted by Crippen LogP contribution is 2.09. The van der Waals surface area contributed by atoms with Gasteiger partial charge in [-0.1, -0.05) is 13.0 Å². The smallest absolute Gasteiger partial charge is 0.329 e. The van der Waals surface area contributed by atoms with Crippen LogP contribution in [0, 0.1) is 0 Å². The molecule has 0 saturated heterocycles. The second kappa shape index (κ2) is 6.33. The van der Waals surface area contributed by atoms with Crippen LogP contribution in [0.2, 0.25) is 0 Å². The van der Waals surface area contributed by atoms with Crippen molar-refractivity contribution in [2.75, 3.05) is 6.54 Å². The lowest BCUT2D eigenvalue weighted by molar-refractivity contribution is -0.146. The van der Waals surface area contributed by atoms with Gasteiger partial charge in [-0.25, -0.2) is 4.79 Å². The molecule has 1 rings (SSSR count). The van der Waals surface area contributed by atoms with Crippen LogP contribution in [0.1, 0.15) is 29.9 Å². The number of carbonyl (C=O) groups is 3. The molecule has 0 fully saturated rings. The summed E-state index contributed by atoms with van der Waals surface area (Å²) < 4.78 is 0. The molecule has 104 valence electrons. The number of carboxylic acids is 1. The molecule has 0 aromatic carbocycles. The average molecular weight is 284 g/mol. The molecule has 0 aliphatic heterocycles. The van der Waals surface area contributed by atoms with Crippen LogP contribution in [0.4, 0.5) is 0 Å². The topological polar surface area (TPSA) is 95.5 Å². The summed E-state index contributed by atoms with van der Waals surface area (Å²) in [5.41, 5.74) is -1.31. The van der Waals surface area contributed by atoms with E-state index < -0.39 is 17.4 Å². The van der Waals surface area contributed by atoms with Gasteiger partial charge >= 0.3 is 5.97 Å². The van der Waals surface area contributed by atoms with E-state index >= 15 is 0 Å². The largest absolute Gasteiger partial charge is 0.480 e. The minimum atomic E-state index is -1.31. The van der Waals surface area contributed by atoms with Gasteiger partial charge in [-0.3, -0.25) is 9.59 Å². The van der Waals surface area contributed by atoms with Gasteiger partial charge < -0.3 is 15.7 Å². The van der Waals surface area contributed by atoms with Gasteiger partial charge in [-0.15, -0.1) is 11.3 Å². The Labute approximate surface area is 114 Å². The number of hydrogen-bond acceptors (Lipinski definition) is 4. The molecule has 1 atom stereocenters. The normalized spacial score (nSPS) is 13.4. The first-order valence-corrected chi connectivity index (χ1v) is 6.63. The van der Waals surface area contributed by atoms with Gasteiger partial charge in [0.1, 0.15) is 5.54 Å². The molecule has 1 aromatic heterocycles. The van der Waals surface area contributed by atoms with Gasteiger partial charge in [-0.05, 0) is 24.8 Å². The van der Waals surface area contributed by atoms with Crippen molar-refractivity contribution in [2.24, 2.45) is 0 Å². The minimum Gasteiger partial charge on any atom is -0.480 e. The summed E-state index contributed by atoms with van der Waals surface area (Å²) in [6, 6.07) is 3.38. The van der Waals surface area contributed by atoms with Crippen molar-refractivity contribution in [3.8, 4) is 0 Å². The van der Waals surface area contributed by atoms with E-state index in [-0.39, 0.29) is 18.9 Å². The molecule has 0 saturated carbocycles. The fourth-order valence-electron chi connectivity index (χ4n) is 1.30. The molecule has 7 heteroatoms. The third-order valence-electron chi connectivity index (χ3n) is 2.75. The van der Waals surface area contributed by atoms with E-state index in [9.17, 15) is 14.4 Å². The molecule has 0 aliphatic rings. The van der Waals surface area contributed by atoms with Crippen LogP contribution < -0.4 is 10.6 Å². The summed E-state index contributed by atoms with van der Waals surface area (Å²) in [6.07, 6.45) is 0.257. The maximum Gasteiger partial charge on any atom is 0.329 e. The summed E-state index contributed by atoms with van der Waals surface area (Å²) >= 11 is 1.27. The van der Waals surface area contributed by atoms with Crippen LogP contribution in [0.5, 0.6) is 0 Å². The van der Waals surface area contributed by atoms with Crippen molar-refractivity contribution >= 4 is 29.1 Å². The van der Waals surface area contributed by atoms with Crippen molar-refractivity contribution in [3.63, 3.8) is 0 Å². The van der Waals surface area contributed by atoms with E-state index in [0.29, 0.717) is 4.88 Å². The number of carbonyl (C=O) groups excluding carboxylic acids is 2. The lowest BCUT2D eigenvalue weighted by Gasteiger charge is -2.24. The summed E-state index contributed by atoms with van der Waals surface area (Å²) in [6.45, 7) is 2.84. The Hall–Kier alpha value is -1.89. The predicted octanol–water partition coefficient (Wildman–Crippen LogP) is 0.847. The highest BCUT2D eigenvalue weighted by Gasteiger charge is 2.32. The summed E-state index contributed by atoms with van der Waals surface area (Å²) in [5.74, 6) is -1.98. The molecule has 1 aromatic rings. The van der Waals surface area contributed by atoms with Crippen molar-refractivity contribution < 1.29 is 19.5 Å². The second-order valence-electron chi connectivity index (χ2n) is 4.20. The van der Waals surface area contributed by atoms with Crippen molar-refractivity contribution in [2.45, 2.75) is 25.8 Å². The molecule has 0 aliphatic carbocycles. The first-order chi connectivity index (χ1) is 8.89. The van der Waals surface area contributed by atoms with Crippen LogP contribution >= 0.6 is 11.3 Å². The molecular formula is C12H16N2O4S. The average Bonchev–Trinajstić information content (AvgIpc) is 2.89. The van der Waals surface area contributed by atoms with Crippen LogP contribution in [0.15, 0.2) is 17.5 Å². The Balaban J connectivity index is 2.48. The van der Waals surface area contributed by atoms with Gasteiger partial charge in [-0.2, -0.15) is 0 Å². The Bertz CT molecular complexity index is 472. The quantitative estimate of drug-likeness (QED) is 0.721. The first kappa shape index (κ1) is 15.2. The zero-order valence-electron chi connectivity index (χ0n) is 10.7. The fraction of sp³-hybridized carbons (Fsp3) is 0.417. The monoisotopic (exact) mass is 284 g/mol. The van der Waals surface area contributed by atoms with E-state index in [1.807, 2.05) is 0 Å². The second-order valence-corrected chi connectivity index (χ2v) is 5.15. The Kier molecular flexibility index (Phi) is 5.05. The summed E-state index contributed by atoms with van der Waals surface area (Å²) in [7, 11) is 0. The molecule has 19 heavy (non-hydrogen) atoms. The van der Waals surface area contributed by atoms with Gasteiger partial charge in [0.15, 0.2) is 0 Å². The first-order valence-electron chi connectivity index (χ1n) is 5.75. The number of nitrogens with one attached hydrogen (secondary N) is 2. The molecule has 1 unspecified atom stereocenters. The number of rotatable bonds is 6. The van der Waals surface area contributed by atoms with E-state index in [1.54, 1.807) is 24.4 Å². The van der Waals surface area contributed by atoms with Crippen molar-refractivity contribution in [1.29, 1.82) is 0 Å². The number of aliphatic carboxylic acids is 1. The Morgan fingerprint density at radius 3 is 2.58 bits per heavy atom. The third-order valence-corrected chi connectivity index (χ3v) is 3.62. The minimum absolute atomic E-state index is 0.250.